The third-order valence-corrected chi connectivity index (χ3v) is 43.7. The van der Waals surface area contributed by atoms with Crippen LogP contribution < -0.4 is 0 Å². The smallest absolute Gasteiger partial charge is 0.467 e. The summed E-state index contributed by atoms with van der Waals surface area (Å²) < 4.78 is 95.9. The van der Waals surface area contributed by atoms with Crippen molar-refractivity contribution in [1.29, 1.82) is 0 Å². The molecule has 8 bridgehead atoms. The van der Waals surface area contributed by atoms with Gasteiger partial charge < -0.3 is 63.6 Å². The molecule has 0 aromatic carbocycles. The molecule has 6 heterocycles. The van der Waals surface area contributed by atoms with Gasteiger partial charge in [0.25, 0.3) is 0 Å². The van der Waals surface area contributed by atoms with Gasteiger partial charge in [-0.25, -0.2) is 4.79 Å². The van der Waals surface area contributed by atoms with Crippen molar-refractivity contribution in [2.75, 3.05) is 20.3 Å². The van der Waals surface area contributed by atoms with E-state index in [4.69, 9.17) is 63.6 Å². The van der Waals surface area contributed by atoms with Gasteiger partial charge in [-0.1, -0.05) is 6.92 Å². The maximum Gasteiger partial charge on any atom is 0.478 e. The second kappa shape index (κ2) is 11.9. The molecule has 264 valence electrons. The third kappa shape index (κ3) is 7.58. The second-order valence-corrected chi connectivity index (χ2v) is 37.2. The van der Waals surface area contributed by atoms with Gasteiger partial charge in [-0.2, -0.15) is 0 Å². The molecule has 17 nitrogen and oxygen atoms in total. The van der Waals surface area contributed by atoms with E-state index in [9.17, 15) is 9.59 Å². The van der Waals surface area contributed by atoms with E-state index < -0.39 is 93.4 Å². The zero-order valence-corrected chi connectivity index (χ0v) is 36.5. The Morgan fingerprint density at radius 3 is 1.26 bits per heavy atom. The second-order valence-electron chi connectivity index (χ2n) is 13.4. The zero-order valence-electron chi connectivity index (χ0n) is 28.5. The molecule has 0 aromatic heterocycles. The van der Waals surface area contributed by atoms with Crippen LogP contribution in [0, 0.1) is 5.41 Å². The van der Waals surface area contributed by atoms with Crippen LogP contribution in [0.2, 0.25) is 51.9 Å². The van der Waals surface area contributed by atoms with Crippen LogP contribution in [0.1, 0.15) is 40.5 Å². The lowest BCUT2D eigenvalue weighted by atomic mass is 9.94. The van der Waals surface area contributed by atoms with Gasteiger partial charge >= 0.3 is 82.4 Å². The highest BCUT2D eigenvalue weighted by atomic mass is 28.6. The fraction of sp³-hybridized carbons (Fsp3) is 0.905. The topological polar surface area (TPSA) is 173 Å². The summed E-state index contributed by atoms with van der Waals surface area (Å²) in [5, 5.41) is 0. The average Bonchev–Trinajstić information content (AvgIpc) is 2.83. The highest BCUT2D eigenvalue weighted by Gasteiger charge is 2.78. The molecule has 6 aliphatic heterocycles. The zero-order chi connectivity index (χ0) is 34.3. The van der Waals surface area contributed by atoms with Gasteiger partial charge in [0.05, 0.1) is 25.7 Å². The molecule has 6 fully saturated rings. The molecule has 46 heavy (non-hydrogen) atoms. The van der Waals surface area contributed by atoms with Crippen molar-refractivity contribution in [2.45, 2.75) is 98.0 Å². The normalized spacial score (nSPS) is 46.3. The third-order valence-electron chi connectivity index (χ3n) is 7.82. The van der Waals surface area contributed by atoms with Gasteiger partial charge in [0.1, 0.15) is 0 Å². The van der Waals surface area contributed by atoms with Crippen molar-refractivity contribution in [3.05, 3.63) is 0 Å². The number of hydrogen-bond donors (Lipinski definition) is 0. The monoisotopic (exact) mass is 794 g/mol. The van der Waals surface area contributed by atoms with Crippen molar-refractivity contribution in [2.24, 2.45) is 5.41 Å². The minimum Gasteiger partial charge on any atom is -0.467 e. The van der Waals surface area contributed by atoms with E-state index in [2.05, 4.69) is 0 Å². The molecule has 0 amide bonds. The maximum absolute atomic E-state index is 13.1. The summed E-state index contributed by atoms with van der Waals surface area (Å²) >= 11 is 0. The van der Waals surface area contributed by atoms with E-state index >= 15 is 0 Å². The first-order chi connectivity index (χ1) is 20.9. The minimum absolute atomic E-state index is 0.000221. The summed E-state index contributed by atoms with van der Waals surface area (Å²) in [6.07, 6.45) is 0.644. The first-order valence-corrected chi connectivity index (χ1v) is 32.7. The number of methoxy groups -OCH3 is 1. The Bertz CT molecular complexity index is 1130. The lowest BCUT2D eigenvalue weighted by Gasteiger charge is -2.60. The van der Waals surface area contributed by atoms with E-state index in [1.165, 1.54) is 7.11 Å². The van der Waals surface area contributed by atoms with Gasteiger partial charge in [-0.15, -0.1) is 0 Å². The Balaban J connectivity index is 1.37. The quantitative estimate of drug-likeness (QED) is 0.179. The van der Waals surface area contributed by atoms with Crippen molar-refractivity contribution in [3.63, 3.8) is 0 Å². The van der Waals surface area contributed by atoms with Gasteiger partial charge in [0, 0.05) is 51.9 Å². The van der Waals surface area contributed by atoms with Crippen molar-refractivity contribution < 1.29 is 73.2 Å². The maximum atomic E-state index is 13.1. The molecular weight excluding hydrogens is 749 g/mol. The number of carbonyl (C=O) groups is 2. The number of rotatable bonds is 10. The van der Waals surface area contributed by atoms with Crippen LogP contribution in [0.25, 0.3) is 0 Å². The number of carbonyl (C=O) groups excluding carboxylic acids is 2. The molecular formula is C21H46O17Si8. The fourth-order valence-corrected chi connectivity index (χ4v) is 51.9. The van der Waals surface area contributed by atoms with Crippen LogP contribution in [0.4, 0.5) is 0 Å². The standard InChI is InChI=1S/C21H46O17Si8/c1-13-21(4,19(23)24-5)26-17-20(2,3)18(22)25-15-14-16-46-36-43(10)30-40(7)27-39(6)28-41(8,32-43)34-45(12,38-46)35-42(9,29-39)33-44(11,31-40)37-46/h13-17H2,1-12H3. The molecule has 0 saturated carbocycles. The minimum atomic E-state index is -3.89. The Hall–Kier alpha value is 0.155. The Morgan fingerprint density at radius 1 is 0.587 bits per heavy atom. The predicted octanol–water partition coefficient (Wildman–Crippen LogP) is 2.49. The molecule has 25 heteroatoms. The van der Waals surface area contributed by atoms with Crippen LogP contribution >= 0.6 is 0 Å². The van der Waals surface area contributed by atoms with E-state index in [0.29, 0.717) is 6.42 Å². The van der Waals surface area contributed by atoms with Crippen LogP contribution in [0.5, 0.6) is 0 Å². The van der Waals surface area contributed by atoms with Crippen molar-refractivity contribution >= 4 is 82.4 Å². The molecule has 6 saturated heterocycles. The van der Waals surface area contributed by atoms with Gasteiger partial charge in [-0.05, 0) is 33.6 Å². The van der Waals surface area contributed by atoms with Crippen molar-refractivity contribution in [1.82, 2.24) is 0 Å². The number of esters is 2. The molecule has 6 aliphatic rings. The number of hydrogen-bond acceptors (Lipinski definition) is 17. The van der Waals surface area contributed by atoms with Crippen LogP contribution in [-0.2, 0) is 73.2 Å². The van der Waals surface area contributed by atoms with E-state index in [-0.39, 0.29) is 25.7 Å². The molecule has 0 N–H and O–H groups in total. The molecule has 6 rings (SSSR count). The highest BCUT2D eigenvalue weighted by molar-refractivity contribution is 7.02. The molecule has 1 unspecified atom stereocenters. The van der Waals surface area contributed by atoms with Gasteiger partial charge in [0.15, 0.2) is 5.60 Å². The van der Waals surface area contributed by atoms with E-state index in [1.807, 2.05) is 0 Å². The SMILES string of the molecule is CCC(C)(OCC(C)(C)C(=O)OCCC[Si]12O[Si]3(C)O[Si]4(C)O[Si]5(C)O[Si](C)(O3)O[Si](C)(O[Si](C)(O5)O[Si](C)(O4)O1)O2)C(=O)OC. The summed E-state index contributed by atoms with van der Waals surface area (Å²) in [6, 6.07) is 0.164. The lowest BCUT2D eigenvalue weighted by molar-refractivity contribution is -0.178. The van der Waals surface area contributed by atoms with E-state index in [0.717, 1.165) is 0 Å². The first kappa shape index (κ1) is 37.4. The Labute approximate surface area is 278 Å². The summed E-state index contributed by atoms with van der Waals surface area (Å²) in [7, 11) is -28.1. The van der Waals surface area contributed by atoms with E-state index in [1.54, 1.807) is 73.5 Å². The van der Waals surface area contributed by atoms with Gasteiger partial charge in [0.2, 0.25) is 0 Å². The van der Waals surface area contributed by atoms with Crippen LogP contribution in [-0.4, -0.2) is 108 Å². The Kier molecular flexibility index (Phi) is 9.65. The Morgan fingerprint density at radius 2 is 0.935 bits per heavy atom. The molecule has 0 aromatic rings. The largest absolute Gasteiger partial charge is 0.478 e. The number of ether oxygens (including phenoxy) is 3. The molecule has 1 atom stereocenters. The fourth-order valence-electron chi connectivity index (χ4n) is 6.10. The molecule has 0 radical (unpaired) electrons. The first-order valence-electron chi connectivity index (χ1n) is 15.2. The predicted molar refractivity (Wildman–Crippen MR) is 171 cm³/mol. The van der Waals surface area contributed by atoms with Crippen LogP contribution in [0.15, 0.2) is 0 Å². The van der Waals surface area contributed by atoms with Gasteiger partial charge in [-0.3, -0.25) is 4.79 Å². The summed E-state index contributed by atoms with van der Waals surface area (Å²) in [5.41, 5.74) is -2.25. The summed E-state index contributed by atoms with van der Waals surface area (Å²) in [6.45, 7) is 18.7. The van der Waals surface area contributed by atoms with Crippen LogP contribution in [0.3, 0.4) is 0 Å². The molecule has 0 spiro atoms. The average molecular weight is 795 g/mol. The summed E-state index contributed by atoms with van der Waals surface area (Å²) in [5.74, 6) is -1.03. The lowest BCUT2D eigenvalue weighted by Crippen LogP contribution is -2.86. The summed E-state index contributed by atoms with van der Waals surface area (Å²) in [4.78, 5) is 25.4. The molecule has 0 aliphatic carbocycles. The van der Waals surface area contributed by atoms with Crippen molar-refractivity contribution in [3.8, 4) is 0 Å². The highest BCUT2D eigenvalue weighted by Crippen LogP contribution is 2.48.